The van der Waals surface area contributed by atoms with Gasteiger partial charge in [-0.15, -0.1) is 0 Å². The van der Waals surface area contributed by atoms with Crippen LogP contribution in [0.4, 0.5) is 0 Å². The number of hydrogen-bond donors (Lipinski definition) is 0. The molecule has 2 heteroatoms. The number of benzene rings is 1. The first-order valence-corrected chi connectivity index (χ1v) is 7.27. The minimum atomic E-state index is 0.181. The fraction of sp³-hybridized carbons (Fsp3) is 0.471. The van der Waals surface area contributed by atoms with Crippen LogP contribution in [0.1, 0.15) is 49.9 Å². The Kier molecular flexibility index (Phi) is 4.41. The van der Waals surface area contributed by atoms with Crippen molar-refractivity contribution < 1.29 is 4.79 Å². The lowest BCUT2D eigenvalue weighted by molar-refractivity contribution is 0.0906. The number of ketones is 1. The lowest BCUT2D eigenvalue weighted by atomic mass is 9.90. The molecule has 1 heterocycles. The standard InChI is InChI=1S/C17H23NO/c1-4-8-13(9-5-2)17(19)15-12-18(3)16-11-7-6-10-14(15)16/h6-7,10-13H,4-5,8-9H2,1-3H3. The smallest absolute Gasteiger partial charge is 0.168 e. The first-order chi connectivity index (χ1) is 9.19. The van der Waals surface area contributed by atoms with Gasteiger partial charge in [0.2, 0.25) is 0 Å². The molecule has 0 aliphatic carbocycles. The molecule has 102 valence electrons. The molecule has 0 unspecified atom stereocenters. The van der Waals surface area contributed by atoms with Crippen LogP contribution in [-0.2, 0) is 7.05 Å². The molecule has 0 spiro atoms. The molecular formula is C17H23NO. The van der Waals surface area contributed by atoms with Gasteiger partial charge in [0.1, 0.15) is 0 Å². The molecule has 2 nitrogen and oxygen atoms in total. The van der Waals surface area contributed by atoms with Crippen LogP contribution < -0.4 is 0 Å². The monoisotopic (exact) mass is 257 g/mol. The molecule has 0 atom stereocenters. The largest absolute Gasteiger partial charge is 0.350 e. The van der Waals surface area contributed by atoms with Crippen LogP contribution >= 0.6 is 0 Å². The Morgan fingerprint density at radius 3 is 2.42 bits per heavy atom. The highest BCUT2D eigenvalue weighted by Gasteiger charge is 2.21. The third-order valence-corrected chi connectivity index (χ3v) is 3.81. The van der Waals surface area contributed by atoms with Gasteiger partial charge < -0.3 is 4.57 Å². The molecule has 0 fully saturated rings. The highest BCUT2D eigenvalue weighted by Crippen LogP contribution is 2.26. The maximum Gasteiger partial charge on any atom is 0.168 e. The lowest BCUT2D eigenvalue weighted by Crippen LogP contribution is -2.14. The highest BCUT2D eigenvalue weighted by atomic mass is 16.1. The quantitative estimate of drug-likeness (QED) is 0.694. The SMILES string of the molecule is CCCC(CCC)C(=O)c1cn(C)c2ccccc12. The number of nitrogens with zero attached hydrogens (tertiary/aromatic N) is 1. The molecule has 2 rings (SSSR count). The second-order valence-electron chi connectivity index (χ2n) is 5.31. The zero-order chi connectivity index (χ0) is 13.8. The zero-order valence-corrected chi connectivity index (χ0v) is 12.1. The molecule has 19 heavy (non-hydrogen) atoms. The topological polar surface area (TPSA) is 22.0 Å². The summed E-state index contributed by atoms with van der Waals surface area (Å²) in [7, 11) is 2.01. The van der Waals surface area contributed by atoms with Crippen LogP contribution in [0, 0.1) is 5.92 Å². The van der Waals surface area contributed by atoms with Gasteiger partial charge in [0.15, 0.2) is 5.78 Å². The number of aryl methyl sites for hydroxylation is 1. The Labute approximate surface area is 115 Å². The Bertz CT molecular complexity index is 562. The first kappa shape index (κ1) is 13.9. The molecule has 2 aromatic rings. The summed E-state index contributed by atoms with van der Waals surface area (Å²) in [6.07, 6.45) is 6.12. The van der Waals surface area contributed by atoms with Crippen LogP contribution in [0.5, 0.6) is 0 Å². The molecule has 1 aromatic carbocycles. The van der Waals surface area contributed by atoms with E-state index >= 15 is 0 Å². The van der Waals surface area contributed by atoms with E-state index in [9.17, 15) is 4.79 Å². The van der Waals surface area contributed by atoms with Gasteiger partial charge in [-0.25, -0.2) is 0 Å². The van der Waals surface area contributed by atoms with Gasteiger partial charge in [0.05, 0.1) is 0 Å². The van der Waals surface area contributed by atoms with E-state index in [1.165, 1.54) is 0 Å². The van der Waals surface area contributed by atoms with Crippen molar-refractivity contribution in [1.29, 1.82) is 0 Å². The van der Waals surface area contributed by atoms with E-state index in [1.807, 2.05) is 25.4 Å². The Hall–Kier alpha value is -1.57. The predicted octanol–water partition coefficient (Wildman–Crippen LogP) is 4.58. The molecule has 0 saturated carbocycles. The summed E-state index contributed by atoms with van der Waals surface area (Å²) in [6.45, 7) is 4.30. The average molecular weight is 257 g/mol. The van der Waals surface area contributed by atoms with Gasteiger partial charge >= 0.3 is 0 Å². The molecule has 0 bridgehead atoms. The molecular weight excluding hydrogens is 234 g/mol. The van der Waals surface area contributed by atoms with Crippen LogP contribution in [0.25, 0.3) is 10.9 Å². The van der Waals surface area contributed by atoms with Gasteiger partial charge in [-0.05, 0) is 18.9 Å². The number of rotatable bonds is 6. The van der Waals surface area contributed by atoms with E-state index in [0.29, 0.717) is 5.78 Å². The van der Waals surface area contributed by atoms with E-state index in [-0.39, 0.29) is 5.92 Å². The van der Waals surface area contributed by atoms with E-state index in [2.05, 4.69) is 30.5 Å². The minimum absolute atomic E-state index is 0.181. The molecule has 0 saturated heterocycles. The minimum Gasteiger partial charge on any atom is -0.350 e. The number of fused-ring (bicyclic) bond motifs is 1. The van der Waals surface area contributed by atoms with Gasteiger partial charge in [-0.3, -0.25) is 4.79 Å². The normalized spacial score (nSPS) is 11.4. The summed E-state index contributed by atoms with van der Waals surface area (Å²) < 4.78 is 2.05. The summed E-state index contributed by atoms with van der Waals surface area (Å²) in [5.74, 6) is 0.501. The van der Waals surface area contributed by atoms with Gasteiger partial charge in [-0.2, -0.15) is 0 Å². The first-order valence-electron chi connectivity index (χ1n) is 7.27. The third kappa shape index (κ3) is 2.73. The van der Waals surface area contributed by atoms with Crippen LogP contribution in [0.2, 0.25) is 0 Å². The second kappa shape index (κ2) is 6.05. The van der Waals surface area contributed by atoms with Crippen molar-refractivity contribution in [1.82, 2.24) is 4.57 Å². The number of aromatic nitrogens is 1. The van der Waals surface area contributed by atoms with Crippen molar-refractivity contribution in [3.05, 3.63) is 36.0 Å². The van der Waals surface area contributed by atoms with Crippen LogP contribution in [0.3, 0.4) is 0 Å². The van der Waals surface area contributed by atoms with Crippen molar-refractivity contribution in [3.8, 4) is 0 Å². The summed E-state index contributed by atoms with van der Waals surface area (Å²) in [5, 5.41) is 1.09. The Morgan fingerprint density at radius 2 is 1.79 bits per heavy atom. The maximum absolute atomic E-state index is 12.7. The number of carbonyl (C=O) groups is 1. The van der Waals surface area contributed by atoms with E-state index in [1.54, 1.807) is 0 Å². The van der Waals surface area contributed by atoms with E-state index < -0.39 is 0 Å². The third-order valence-electron chi connectivity index (χ3n) is 3.81. The fourth-order valence-corrected chi connectivity index (χ4v) is 2.86. The van der Waals surface area contributed by atoms with Crippen LogP contribution in [0.15, 0.2) is 30.5 Å². The van der Waals surface area contributed by atoms with Crippen LogP contribution in [-0.4, -0.2) is 10.4 Å². The van der Waals surface area contributed by atoms with Gasteiger partial charge in [0, 0.05) is 35.6 Å². The molecule has 1 aromatic heterocycles. The predicted molar refractivity (Wildman–Crippen MR) is 80.6 cm³/mol. The summed E-state index contributed by atoms with van der Waals surface area (Å²) in [4.78, 5) is 12.7. The lowest BCUT2D eigenvalue weighted by Gasteiger charge is -2.13. The molecule has 0 aliphatic rings. The molecule has 0 amide bonds. The second-order valence-corrected chi connectivity index (χ2v) is 5.31. The molecule has 0 N–H and O–H groups in total. The fourth-order valence-electron chi connectivity index (χ4n) is 2.86. The Balaban J connectivity index is 2.40. The number of Topliss-reactive ketones (excluding diaryl/α,β-unsaturated/α-hetero) is 1. The van der Waals surface area contributed by atoms with E-state index in [0.717, 1.165) is 42.1 Å². The van der Waals surface area contributed by atoms with Gasteiger partial charge in [0.25, 0.3) is 0 Å². The number of carbonyl (C=O) groups excluding carboxylic acids is 1. The summed E-state index contributed by atoms with van der Waals surface area (Å²) >= 11 is 0. The molecule has 0 aliphatic heterocycles. The summed E-state index contributed by atoms with van der Waals surface area (Å²) in [6, 6.07) is 8.15. The average Bonchev–Trinajstić information content (AvgIpc) is 2.76. The summed E-state index contributed by atoms with van der Waals surface area (Å²) in [5.41, 5.74) is 2.03. The highest BCUT2D eigenvalue weighted by molar-refractivity contribution is 6.09. The van der Waals surface area contributed by atoms with Crippen molar-refractivity contribution in [2.45, 2.75) is 39.5 Å². The number of hydrogen-bond acceptors (Lipinski definition) is 1. The van der Waals surface area contributed by atoms with Crippen molar-refractivity contribution in [2.24, 2.45) is 13.0 Å². The van der Waals surface area contributed by atoms with Crippen molar-refractivity contribution in [3.63, 3.8) is 0 Å². The number of para-hydroxylation sites is 1. The van der Waals surface area contributed by atoms with Crippen molar-refractivity contribution in [2.75, 3.05) is 0 Å². The van der Waals surface area contributed by atoms with E-state index in [4.69, 9.17) is 0 Å². The maximum atomic E-state index is 12.7. The molecule has 0 radical (unpaired) electrons. The van der Waals surface area contributed by atoms with Gasteiger partial charge in [-0.1, -0.05) is 44.9 Å². The van der Waals surface area contributed by atoms with Crippen molar-refractivity contribution >= 4 is 16.7 Å². The zero-order valence-electron chi connectivity index (χ0n) is 12.1. The Morgan fingerprint density at radius 1 is 1.16 bits per heavy atom.